The number of fused-ring (bicyclic) bond motifs is 1. The molecule has 2 aromatic carbocycles. The van der Waals surface area contributed by atoms with Crippen LogP contribution in [0.1, 0.15) is 12.5 Å². The van der Waals surface area contributed by atoms with Gasteiger partial charge in [-0.25, -0.2) is 9.88 Å². The van der Waals surface area contributed by atoms with Gasteiger partial charge >= 0.3 is 0 Å². The van der Waals surface area contributed by atoms with Crippen LogP contribution >= 0.6 is 35.1 Å². The first-order chi connectivity index (χ1) is 14.9. The van der Waals surface area contributed by atoms with Crippen molar-refractivity contribution in [3.05, 3.63) is 64.0 Å². The maximum absolute atomic E-state index is 12.6. The van der Waals surface area contributed by atoms with Crippen LogP contribution in [0.2, 0.25) is 5.02 Å². The second-order valence-corrected chi connectivity index (χ2v) is 9.10. The van der Waals surface area contributed by atoms with E-state index >= 15 is 0 Å². The van der Waals surface area contributed by atoms with E-state index in [2.05, 4.69) is 0 Å². The SMILES string of the molecule is COc1ccc2cc(C=C3SC(=N)N(C(C)=O)C3=O)c(Sc3ccc(Cl)cc3)nc2c1. The number of ether oxygens (including phenoxy) is 1. The van der Waals surface area contributed by atoms with Gasteiger partial charge in [0.15, 0.2) is 5.17 Å². The first kappa shape index (κ1) is 21.4. The summed E-state index contributed by atoms with van der Waals surface area (Å²) in [5.74, 6) is -0.286. The molecule has 1 fully saturated rings. The maximum Gasteiger partial charge on any atom is 0.273 e. The summed E-state index contributed by atoms with van der Waals surface area (Å²) in [7, 11) is 1.60. The molecule has 31 heavy (non-hydrogen) atoms. The number of benzene rings is 2. The summed E-state index contributed by atoms with van der Waals surface area (Å²) in [5, 5.41) is 10.0. The number of hydrogen-bond acceptors (Lipinski definition) is 7. The van der Waals surface area contributed by atoms with Crippen LogP contribution in [-0.2, 0) is 9.59 Å². The van der Waals surface area contributed by atoms with Gasteiger partial charge in [0.1, 0.15) is 10.8 Å². The second-order valence-electron chi connectivity index (χ2n) is 6.57. The lowest BCUT2D eigenvalue weighted by molar-refractivity contribution is -0.135. The van der Waals surface area contributed by atoms with Gasteiger partial charge in [-0.05, 0) is 60.3 Å². The van der Waals surface area contributed by atoms with E-state index in [0.717, 1.165) is 32.5 Å². The molecule has 0 aliphatic carbocycles. The van der Waals surface area contributed by atoms with E-state index in [1.54, 1.807) is 25.3 Å². The van der Waals surface area contributed by atoms with Crippen molar-refractivity contribution in [2.24, 2.45) is 0 Å². The van der Waals surface area contributed by atoms with Crippen molar-refractivity contribution in [3.8, 4) is 5.75 Å². The minimum atomic E-state index is -0.500. The van der Waals surface area contributed by atoms with Crippen LogP contribution in [0.3, 0.4) is 0 Å². The zero-order chi connectivity index (χ0) is 22.1. The molecular formula is C22H16ClN3O3S2. The number of nitrogens with zero attached hydrogens (tertiary/aromatic N) is 2. The smallest absolute Gasteiger partial charge is 0.273 e. The van der Waals surface area contributed by atoms with Gasteiger partial charge in [0.05, 0.1) is 17.5 Å². The van der Waals surface area contributed by atoms with Crippen molar-refractivity contribution in [2.45, 2.75) is 16.8 Å². The van der Waals surface area contributed by atoms with Gasteiger partial charge in [0.25, 0.3) is 5.91 Å². The first-order valence-corrected chi connectivity index (χ1v) is 11.1. The van der Waals surface area contributed by atoms with E-state index in [1.165, 1.54) is 18.7 Å². The summed E-state index contributed by atoms with van der Waals surface area (Å²) >= 11 is 8.39. The number of halogens is 1. The molecule has 1 saturated heterocycles. The molecule has 0 unspecified atom stereocenters. The van der Waals surface area contributed by atoms with E-state index in [-0.39, 0.29) is 5.17 Å². The number of carbonyl (C=O) groups excluding carboxylic acids is 2. The van der Waals surface area contributed by atoms with Crippen molar-refractivity contribution in [2.75, 3.05) is 7.11 Å². The number of thioether (sulfide) groups is 1. The molecule has 2 heterocycles. The second kappa shape index (κ2) is 8.74. The molecule has 0 saturated carbocycles. The molecule has 1 aliphatic heterocycles. The Kier molecular flexibility index (Phi) is 6.04. The van der Waals surface area contributed by atoms with Gasteiger partial charge in [0.2, 0.25) is 5.91 Å². The van der Waals surface area contributed by atoms with E-state index in [9.17, 15) is 9.59 Å². The van der Waals surface area contributed by atoms with Gasteiger partial charge < -0.3 is 4.74 Å². The van der Waals surface area contributed by atoms with Gasteiger partial charge in [-0.3, -0.25) is 15.0 Å². The van der Waals surface area contributed by atoms with E-state index in [4.69, 9.17) is 26.7 Å². The maximum atomic E-state index is 12.6. The van der Waals surface area contributed by atoms with Crippen LogP contribution in [0.5, 0.6) is 5.75 Å². The van der Waals surface area contributed by atoms with Crippen LogP contribution < -0.4 is 4.74 Å². The molecule has 4 rings (SSSR count). The van der Waals surface area contributed by atoms with Gasteiger partial charge in [0, 0.05) is 33.9 Å². The molecule has 0 bridgehead atoms. The van der Waals surface area contributed by atoms with Crippen molar-refractivity contribution >= 4 is 69.1 Å². The average molecular weight is 470 g/mol. The number of imide groups is 1. The fraction of sp³-hybridized carbons (Fsp3) is 0.0909. The lowest BCUT2D eigenvalue weighted by Gasteiger charge is -2.10. The molecule has 2 amide bonds. The van der Waals surface area contributed by atoms with E-state index in [0.29, 0.717) is 26.3 Å². The summed E-state index contributed by atoms with van der Waals surface area (Å²) < 4.78 is 5.31. The topological polar surface area (TPSA) is 83.4 Å². The molecule has 9 heteroatoms. The highest BCUT2D eigenvalue weighted by Crippen LogP contribution is 2.37. The Morgan fingerprint density at radius 1 is 1.23 bits per heavy atom. The Morgan fingerprint density at radius 2 is 1.97 bits per heavy atom. The zero-order valence-corrected chi connectivity index (χ0v) is 18.9. The van der Waals surface area contributed by atoms with Crippen LogP contribution in [0.15, 0.2) is 63.4 Å². The number of hydrogen-bond donors (Lipinski definition) is 1. The average Bonchev–Trinajstić information content (AvgIpc) is 3.02. The molecule has 6 nitrogen and oxygen atoms in total. The normalized spacial score (nSPS) is 15.2. The Bertz CT molecular complexity index is 1260. The van der Waals surface area contributed by atoms with Crippen LogP contribution in [0, 0.1) is 5.41 Å². The fourth-order valence-electron chi connectivity index (χ4n) is 2.99. The summed E-state index contributed by atoms with van der Waals surface area (Å²) in [4.78, 5) is 31.2. The predicted octanol–water partition coefficient (Wildman–Crippen LogP) is 5.45. The third-order valence-corrected chi connectivity index (χ3v) is 6.64. The Labute approximate surface area is 192 Å². The van der Waals surface area contributed by atoms with Crippen molar-refractivity contribution in [1.82, 2.24) is 9.88 Å². The molecule has 1 N–H and O–H groups in total. The highest BCUT2D eigenvalue weighted by Gasteiger charge is 2.35. The molecule has 0 atom stereocenters. The summed E-state index contributed by atoms with van der Waals surface area (Å²) in [5.41, 5.74) is 1.47. The number of pyridine rings is 1. The molecule has 1 aromatic heterocycles. The highest BCUT2D eigenvalue weighted by molar-refractivity contribution is 8.18. The number of amidine groups is 1. The number of rotatable bonds is 4. The molecule has 0 radical (unpaired) electrons. The van der Waals surface area contributed by atoms with Crippen molar-refractivity contribution < 1.29 is 14.3 Å². The van der Waals surface area contributed by atoms with Gasteiger partial charge in [-0.15, -0.1) is 0 Å². The quantitative estimate of drug-likeness (QED) is 0.512. The highest BCUT2D eigenvalue weighted by atomic mass is 35.5. The summed E-state index contributed by atoms with van der Waals surface area (Å²) in [6.45, 7) is 1.27. The predicted molar refractivity (Wildman–Crippen MR) is 125 cm³/mol. The van der Waals surface area contributed by atoms with Crippen molar-refractivity contribution in [3.63, 3.8) is 0 Å². The number of methoxy groups -OCH3 is 1. The van der Waals surface area contributed by atoms with Crippen LogP contribution in [0.25, 0.3) is 17.0 Å². The molecule has 156 valence electrons. The van der Waals surface area contributed by atoms with Crippen molar-refractivity contribution in [1.29, 1.82) is 5.41 Å². The molecular weight excluding hydrogens is 454 g/mol. The monoisotopic (exact) mass is 469 g/mol. The number of nitrogens with one attached hydrogen (secondary N) is 1. The third-order valence-electron chi connectivity index (χ3n) is 4.47. The fourth-order valence-corrected chi connectivity index (χ4v) is 4.86. The Morgan fingerprint density at radius 3 is 2.61 bits per heavy atom. The molecule has 1 aliphatic rings. The Balaban J connectivity index is 1.82. The van der Waals surface area contributed by atoms with E-state index < -0.39 is 11.8 Å². The number of amides is 2. The largest absolute Gasteiger partial charge is 0.497 e. The number of aromatic nitrogens is 1. The molecule has 3 aromatic rings. The zero-order valence-electron chi connectivity index (χ0n) is 16.5. The molecule has 0 spiro atoms. The Hall–Kier alpha value is -2.81. The first-order valence-electron chi connectivity index (χ1n) is 9.11. The minimum Gasteiger partial charge on any atom is -0.497 e. The third kappa shape index (κ3) is 4.46. The standard InChI is InChI=1S/C22H16ClN3O3S2/c1-12(27)26-21(28)19(31-22(26)24)10-14-9-13-3-6-16(29-2)11-18(13)25-20(14)30-17-7-4-15(23)5-8-17/h3-11,24H,1-2H3. The van der Waals surface area contributed by atoms with Gasteiger partial charge in [-0.2, -0.15) is 0 Å². The van der Waals surface area contributed by atoms with Crippen LogP contribution in [-0.4, -0.2) is 34.0 Å². The number of carbonyl (C=O) groups is 2. The lowest BCUT2D eigenvalue weighted by atomic mass is 10.1. The van der Waals surface area contributed by atoms with E-state index in [1.807, 2.05) is 36.4 Å². The van der Waals surface area contributed by atoms with Crippen LogP contribution in [0.4, 0.5) is 0 Å². The van der Waals surface area contributed by atoms with Gasteiger partial charge in [-0.1, -0.05) is 23.4 Å². The minimum absolute atomic E-state index is 0.103. The summed E-state index contributed by atoms with van der Waals surface area (Å²) in [6.07, 6.45) is 1.68. The lowest BCUT2D eigenvalue weighted by Crippen LogP contribution is -2.32. The summed E-state index contributed by atoms with van der Waals surface area (Å²) in [6, 6.07) is 14.9.